The van der Waals surface area contributed by atoms with E-state index in [2.05, 4.69) is 26.1 Å². The van der Waals surface area contributed by atoms with Crippen LogP contribution in [0.25, 0.3) is 11.0 Å². The zero-order valence-corrected chi connectivity index (χ0v) is 15.9. The maximum atomic E-state index is 12.7. The number of pyridine rings is 1. The summed E-state index contributed by atoms with van der Waals surface area (Å²) in [5.74, 6) is 0.344. The minimum atomic E-state index is -0.174. The Morgan fingerprint density at radius 2 is 1.93 bits per heavy atom. The Morgan fingerprint density at radius 3 is 2.79 bits per heavy atom. The van der Waals surface area contributed by atoms with E-state index in [1.165, 1.54) is 6.42 Å². The first kappa shape index (κ1) is 17.9. The zero-order chi connectivity index (χ0) is 19.8. The lowest BCUT2D eigenvalue weighted by Gasteiger charge is -2.41. The van der Waals surface area contributed by atoms with Crippen LogP contribution in [0.1, 0.15) is 47.6 Å². The molecule has 3 unspecified atom stereocenters. The van der Waals surface area contributed by atoms with Crippen molar-refractivity contribution in [2.24, 2.45) is 11.8 Å². The molecule has 3 heterocycles. The van der Waals surface area contributed by atoms with E-state index in [0.717, 1.165) is 35.9 Å². The Hall–Kier alpha value is -3.19. The summed E-state index contributed by atoms with van der Waals surface area (Å²) in [6.07, 6.45) is 7.68. The van der Waals surface area contributed by atoms with E-state index in [1.54, 1.807) is 12.4 Å². The van der Waals surface area contributed by atoms with Crippen LogP contribution < -0.4 is 16.2 Å². The Labute approximate surface area is 168 Å². The summed E-state index contributed by atoms with van der Waals surface area (Å²) in [4.78, 5) is 32.1. The molecule has 2 aliphatic rings. The number of benzene rings is 1. The molecular formula is C22H23N5O2. The summed E-state index contributed by atoms with van der Waals surface area (Å²) in [5.41, 5.74) is 9.15. The predicted molar refractivity (Wildman–Crippen MR) is 110 cm³/mol. The fraction of sp³-hybridized carbons (Fsp3) is 0.318. The largest absolute Gasteiger partial charge is 0.345 e. The molecule has 29 heavy (non-hydrogen) atoms. The van der Waals surface area contributed by atoms with Gasteiger partial charge in [-0.3, -0.25) is 15.0 Å². The second kappa shape index (κ2) is 7.33. The van der Waals surface area contributed by atoms with Gasteiger partial charge in [-0.1, -0.05) is 25.0 Å². The molecule has 0 bridgehead atoms. The highest BCUT2D eigenvalue weighted by Gasteiger charge is 2.40. The third-order valence-electron chi connectivity index (χ3n) is 6.16. The highest BCUT2D eigenvalue weighted by Crippen LogP contribution is 2.40. The standard InChI is InChI=1S/C22H23N5O2/c28-21(18-12-24-20-16(18)6-3-11-23-20)25-14-9-7-13(8-10-14)19-15-4-1-2-5-17(15)22(29)27-26-19/h3,6-12,15,17,19,26H,1-2,4-5H2,(H,23,24)(H,25,28)(H,27,29). The Kier molecular flexibility index (Phi) is 4.52. The van der Waals surface area contributed by atoms with Crippen molar-refractivity contribution in [2.75, 3.05) is 5.32 Å². The maximum Gasteiger partial charge on any atom is 0.257 e. The number of carbonyl (C=O) groups excluding carboxylic acids is 2. The van der Waals surface area contributed by atoms with Crippen LogP contribution >= 0.6 is 0 Å². The molecule has 2 fully saturated rings. The third kappa shape index (κ3) is 3.27. The molecule has 3 aromatic rings. The number of H-pyrrole nitrogens is 1. The number of carbonyl (C=O) groups is 2. The molecule has 1 saturated heterocycles. The van der Waals surface area contributed by atoms with E-state index < -0.39 is 0 Å². The molecule has 5 rings (SSSR count). The van der Waals surface area contributed by atoms with E-state index >= 15 is 0 Å². The second-order valence-corrected chi connectivity index (χ2v) is 7.84. The van der Waals surface area contributed by atoms with Gasteiger partial charge in [0.15, 0.2) is 0 Å². The van der Waals surface area contributed by atoms with Gasteiger partial charge in [0, 0.05) is 29.4 Å². The molecule has 0 spiro atoms. The van der Waals surface area contributed by atoms with E-state index in [1.807, 2.05) is 36.4 Å². The number of amides is 2. The second-order valence-electron chi connectivity index (χ2n) is 7.84. The number of fused-ring (bicyclic) bond motifs is 2. The molecular weight excluding hydrogens is 366 g/mol. The molecule has 1 aliphatic carbocycles. The van der Waals surface area contributed by atoms with Crippen LogP contribution in [0.3, 0.4) is 0 Å². The van der Waals surface area contributed by atoms with Crippen molar-refractivity contribution >= 4 is 28.5 Å². The van der Waals surface area contributed by atoms with Crippen LogP contribution in [-0.2, 0) is 4.79 Å². The first-order chi connectivity index (χ1) is 14.2. The van der Waals surface area contributed by atoms with Gasteiger partial charge < -0.3 is 10.3 Å². The summed E-state index contributed by atoms with van der Waals surface area (Å²) < 4.78 is 0. The van der Waals surface area contributed by atoms with Crippen LogP contribution in [-0.4, -0.2) is 21.8 Å². The number of hydrogen-bond acceptors (Lipinski definition) is 4. The predicted octanol–water partition coefficient (Wildman–Crippen LogP) is 3.30. The van der Waals surface area contributed by atoms with Gasteiger partial charge in [0.25, 0.3) is 5.91 Å². The smallest absolute Gasteiger partial charge is 0.257 e. The highest BCUT2D eigenvalue weighted by molar-refractivity contribution is 6.12. The van der Waals surface area contributed by atoms with Gasteiger partial charge in [0.2, 0.25) is 5.91 Å². The van der Waals surface area contributed by atoms with Gasteiger partial charge in [0.1, 0.15) is 5.65 Å². The lowest BCUT2D eigenvalue weighted by Crippen LogP contribution is -2.55. The van der Waals surface area contributed by atoms with Crippen molar-refractivity contribution in [1.29, 1.82) is 0 Å². The third-order valence-corrected chi connectivity index (χ3v) is 6.16. The minimum absolute atomic E-state index is 0.0878. The molecule has 148 valence electrons. The van der Waals surface area contributed by atoms with E-state index in [9.17, 15) is 9.59 Å². The van der Waals surface area contributed by atoms with Crippen LogP contribution in [0.2, 0.25) is 0 Å². The number of rotatable bonds is 3. The Balaban J connectivity index is 1.32. The molecule has 0 radical (unpaired) electrons. The fourth-order valence-electron chi connectivity index (χ4n) is 4.68. The van der Waals surface area contributed by atoms with Crippen LogP contribution in [0.15, 0.2) is 48.8 Å². The van der Waals surface area contributed by atoms with Gasteiger partial charge in [-0.25, -0.2) is 10.4 Å². The maximum absolute atomic E-state index is 12.7. The average Bonchev–Trinajstić information content (AvgIpc) is 3.19. The summed E-state index contributed by atoms with van der Waals surface area (Å²) in [6, 6.07) is 11.7. The van der Waals surface area contributed by atoms with Crippen molar-refractivity contribution in [1.82, 2.24) is 20.8 Å². The normalized spacial score (nSPS) is 24.0. The van der Waals surface area contributed by atoms with E-state index in [0.29, 0.717) is 17.1 Å². The monoisotopic (exact) mass is 389 g/mol. The minimum Gasteiger partial charge on any atom is -0.345 e. The van der Waals surface area contributed by atoms with Crippen LogP contribution in [0.5, 0.6) is 0 Å². The Bertz CT molecular complexity index is 1060. The van der Waals surface area contributed by atoms with Crippen molar-refractivity contribution in [3.8, 4) is 0 Å². The molecule has 1 aromatic carbocycles. The van der Waals surface area contributed by atoms with Gasteiger partial charge >= 0.3 is 0 Å². The quantitative estimate of drug-likeness (QED) is 0.552. The van der Waals surface area contributed by atoms with Gasteiger partial charge in [-0.2, -0.15) is 0 Å². The summed E-state index contributed by atoms with van der Waals surface area (Å²) >= 11 is 0. The lowest BCUT2D eigenvalue weighted by atomic mass is 9.72. The summed E-state index contributed by atoms with van der Waals surface area (Å²) in [6.45, 7) is 0. The van der Waals surface area contributed by atoms with Gasteiger partial charge in [-0.05, 0) is 48.6 Å². The topological polar surface area (TPSA) is 98.9 Å². The van der Waals surface area contributed by atoms with E-state index in [-0.39, 0.29) is 23.8 Å². The molecule has 4 N–H and O–H groups in total. The molecule has 7 nitrogen and oxygen atoms in total. The van der Waals surface area contributed by atoms with Crippen molar-refractivity contribution in [2.45, 2.75) is 31.7 Å². The summed E-state index contributed by atoms with van der Waals surface area (Å²) in [5, 5.41) is 3.75. The lowest BCUT2D eigenvalue weighted by molar-refractivity contribution is -0.133. The molecule has 1 saturated carbocycles. The van der Waals surface area contributed by atoms with E-state index in [4.69, 9.17) is 0 Å². The van der Waals surface area contributed by atoms with Crippen molar-refractivity contribution in [3.63, 3.8) is 0 Å². The number of nitrogens with zero attached hydrogens (tertiary/aromatic N) is 1. The highest BCUT2D eigenvalue weighted by atomic mass is 16.2. The molecule has 7 heteroatoms. The number of aromatic nitrogens is 2. The SMILES string of the molecule is O=C(Nc1ccc(C2NNC(=O)C3CCCCC32)cc1)c1c[nH]c2ncccc12. The number of hydrazine groups is 1. The molecule has 2 aromatic heterocycles. The number of hydrogen-bond donors (Lipinski definition) is 4. The Morgan fingerprint density at radius 1 is 1.10 bits per heavy atom. The van der Waals surface area contributed by atoms with Crippen molar-refractivity contribution in [3.05, 3.63) is 59.9 Å². The molecule has 1 aliphatic heterocycles. The first-order valence-electron chi connectivity index (χ1n) is 10.1. The number of aromatic amines is 1. The average molecular weight is 389 g/mol. The van der Waals surface area contributed by atoms with Crippen LogP contribution in [0, 0.1) is 11.8 Å². The zero-order valence-electron chi connectivity index (χ0n) is 15.9. The number of anilines is 1. The van der Waals surface area contributed by atoms with Crippen molar-refractivity contribution < 1.29 is 9.59 Å². The van der Waals surface area contributed by atoms with Gasteiger partial charge in [0.05, 0.1) is 11.6 Å². The van der Waals surface area contributed by atoms with Crippen LogP contribution in [0.4, 0.5) is 5.69 Å². The molecule has 2 amide bonds. The summed E-state index contributed by atoms with van der Waals surface area (Å²) in [7, 11) is 0. The first-order valence-corrected chi connectivity index (χ1v) is 10.1. The molecule has 3 atom stereocenters. The number of nitrogens with one attached hydrogen (secondary N) is 4. The van der Waals surface area contributed by atoms with Gasteiger partial charge in [-0.15, -0.1) is 0 Å². The fourth-order valence-corrected chi connectivity index (χ4v) is 4.68.